The van der Waals surface area contributed by atoms with Gasteiger partial charge in [0, 0.05) is 12.6 Å². The molecule has 0 saturated carbocycles. The van der Waals surface area contributed by atoms with E-state index in [1.807, 2.05) is 0 Å². The van der Waals surface area contributed by atoms with E-state index in [4.69, 9.17) is 9.84 Å². The molecule has 0 aliphatic rings. The largest absolute Gasteiger partial charge is 0.468 e. The van der Waals surface area contributed by atoms with Gasteiger partial charge in [0.2, 0.25) is 5.91 Å². The summed E-state index contributed by atoms with van der Waals surface area (Å²) in [6, 6.07) is 6.74. The first kappa shape index (κ1) is 9.54. The highest BCUT2D eigenvalue weighted by Gasteiger charge is 1.95. The lowest BCUT2D eigenvalue weighted by molar-refractivity contribution is -0.114. The standard InChI is InChI=1S/C9H11NO3/c1-7(12)10-8-2-4-9(5-3-8)13-6-11/h2-5,11H,6H2,1H3,(H,10,12). The number of hydrogen-bond acceptors (Lipinski definition) is 3. The maximum Gasteiger partial charge on any atom is 0.221 e. The van der Waals surface area contributed by atoms with Crippen molar-refractivity contribution in [3.63, 3.8) is 0 Å². The molecule has 4 nitrogen and oxygen atoms in total. The molecule has 1 amide bonds. The van der Waals surface area contributed by atoms with Crippen LogP contribution in [0, 0.1) is 0 Å². The van der Waals surface area contributed by atoms with Crippen LogP contribution in [-0.2, 0) is 4.79 Å². The van der Waals surface area contributed by atoms with Gasteiger partial charge in [-0.25, -0.2) is 0 Å². The molecule has 0 aliphatic carbocycles. The molecule has 0 saturated heterocycles. The Morgan fingerprint density at radius 2 is 2.08 bits per heavy atom. The highest BCUT2D eigenvalue weighted by molar-refractivity contribution is 5.88. The molecular weight excluding hydrogens is 170 g/mol. The summed E-state index contributed by atoms with van der Waals surface area (Å²) >= 11 is 0. The van der Waals surface area contributed by atoms with E-state index in [2.05, 4.69) is 5.32 Å². The Bertz CT molecular complexity index is 281. The maximum absolute atomic E-state index is 10.6. The molecule has 0 heterocycles. The summed E-state index contributed by atoms with van der Waals surface area (Å²) in [5.41, 5.74) is 0.706. The van der Waals surface area contributed by atoms with Gasteiger partial charge < -0.3 is 15.2 Å². The summed E-state index contributed by atoms with van der Waals surface area (Å²) in [6.07, 6.45) is 0. The lowest BCUT2D eigenvalue weighted by Gasteiger charge is -2.04. The molecule has 1 aromatic carbocycles. The molecule has 0 atom stereocenters. The van der Waals surface area contributed by atoms with Gasteiger partial charge in [-0.3, -0.25) is 4.79 Å². The van der Waals surface area contributed by atoms with Crippen molar-refractivity contribution in [2.45, 2.75) is 6.92 Å². The molecule has 0 unspecified atom stereocenters. The first-order chi connectivity index (χ1) is 6.22. The van der Waals surface area contributed by atoms with Crippen molar-refractivity contribution in [1.82, 2.24) is 0 Å². The van der Waals surface area contributed by atoms with Crippen molar-refractivity contribution in [2.24, 2.45) is 0 Å². The van der Waals surface area contributed by atoms with Crippen molar-refractivity contribution < 1.29 is 14.6 Å². The Morgan fingerprint density at radius 3 is 2.54 bits per heavy atom. The molecule has 1 aromatic rings. The van der Waals surface area contributed by atoms with Crippen LogP contribution in [-0.4, -0.2) is 17.8 Å². The second kappa shape index (κ2) is 4.47. The van der Waals surface area contributed by atoms with Crippen molar-refractivity contribution in [3.05, 3.63) is 24.3 Å². The molecule has 13 heavy (non-hydrogen) atoms. The van der Waals surface area contributed by atoms with Gasteiger partial charge in [-0.05, 0) is 24.3 Å². The third-order valence-electron chi connectivity index (χ3n) is 1.41. The molecule has 4 heteroatoms. The molecule has 0 aromatic heterocycles. The second-order valence-corrected chi connectivity index (χ2v) is 2.48. The van der Waals surface area contributed by atoms with E-state index >= 15 is 0 Å². The Morgan fingerprint density at radius 1 is 1.46 bits per heavy atom. The zero-order valence-corrected chi connectivity index (χ0v) is 7.28. The first-order valence-electron chi connectivity index (χ1n) is 3.83. The van der Waals surface area contributed by atoms with Gasteiger partial charge in [0.05, 0.1) is 0 Å². The number of carbonyl (C=O) groups is 1. The van der Waals surface area contributed by atoms with Gasteiger partial charge in [0.1, 0.15) is 5.75 Å². The van der Waals surface area contributed by atoms with E-state index in [1.165, 1.54) is 6.92 Å². The van der Waals surface area contributed by atoms with E-state index in [1.54, 1.807) is 24.3 Å². The molecule has 0 radical (unpaired) electrons. The zero-order chi connectivity index (χ0) is 9.68. The number of amides is 1. The number of hydrogen-bond donors (Lipinski definition) is 2. The van der Waals surface area contributed by atoms with E-state index in [0.29, 0.717) is 11.4 Å². The van der Waals surface area contributed by atoms with E-state index in [9.17, 15) is 4.79 Å². The molecule has 70 valence electrons. The Balaban J connectivity index is 2.64. The first-order valence-corrected chi connectivity index (χ1v) is 3.83. The van der Waals surface area contributed by atoms with Gasteiger partial charge in [0.15, 0.2) is 6.79 Å². The average molecular weight is 181 g/mol. The van der Waals surface area contributed by atoms with Crippen LogP contribution in [0.15, 0.2) is 24.3 Å². The van der Waals surface area contributed by atoms with Crippen molar-refractivity contribution in [1.29, 1.82) is 0 Å². The number of anilines is 1. The Hall–Kier alpha value is -1.55. The normalized spacial score (nSPS) is 9.38. The SMILES string of the molecule is CC(=O)Nc1ccc(OCO)cc1. The van der Waals surface area contributed by atoms with Crippen molar-refractivity contribution in [3.8, 4) is 5.75 Å². The van der Waals surface area contributed by atoms with Crippen LogP contribution < -0.4 is 10.1 Å². The number of rotatable bonds is 3. The van der Waals surface area contributed by atoms with Gasteiger partial charge >= 0.3 is 0 Å². The Kier molecular flexibility index (Phi) is 3.28. The minimum absolute atomic E-state index is 0.115. The van der Waals surface area contributed by atoms with Crippen LogP contribution in [0.5, 0.6) is 5.75 Å². The summed E-state index contributed by atoms with van der Waals surface area (Å²) < 4.78 is 4.81. The monoisotopic (exact) mass is 181 g/mol. The number of aliphatic hydroxyl groups excluding tert-OH is 1. The number of carbonyl (C=O) groups excluding carboxylic acids is 1. The van der Waals surface area contributed by atoms with E-state index in [-0.39, 0.29) is 12.7 Å². The topological polar surface area (TPSA) is 58.6 Å². The predicted molar refractivity (Wildman–Crippen MR) is 48.5 cm³/mol. The maximum atomic E-state index is 10.6. The summed E-state index contributed by atoms with van der Waals surface area (Å²) in [7, 11) is 0. The number of aliphatic hydroxyl groups is 1. The van der Waals surface area contributed by atoms with Gasteiger partial charge in [0.25, 0.3) is 0 Å². The average Bonchev–Trinajstić information content (AvgIpc) is 2.08. The van der Waals surface area contributed by atoms with Crippen LogP contribution in [0.25, 0.3) is 0 Å². The molecule has 0 fully saturated rings. The van der Waals surface area contributed by atoms with E-state index in [0.717, 1.165) is 0 Å². The second-order valence-electron chi connectivity index (χ2n) is 2.48. The lowest BCUT2D eigenvalue weighted by Crippen LogP contribution is -2.05. The fraction of sp³-hybridized carbons (Fsp3) is 0.222. The van der Waals surface area contributed by atoms with Gasteiger partial charge in [-0.2, -0.15) is 0 Å². The molecular formula is C9H11NO3. The third-order valence-corrected chi connectivity index (χ3v) is 1.41. The lowest BCUT2D eigenvalue weighted by atomic mass is 10.3. The minimum atomic E-state index is -0.348. The van der Waals surface area contributed by atoms with Crippen LogP contribution >= 0.6 is 0 Å². The molecule has 0 aliphatic heterocycles. The molecule has 1 rings (SSSR count). The summed E-state index contributed by atoms with van der Waals surface area (Å²) in [6.45, 7) is 1.09. The fourth-order valence-corrected chi connectivity index (χ4v) is 0.912. The molecule has 0 spiro atoms. The third kappa shape index (κ3) is 3.13. The number of nitrogens with one attached hydrogen (secondary N) is 1. The highest BCUT2D eigenvalue weighted by atomic mass is 16.6. The fourth-order valence-electron chi connectivity index (χ4n) is 0.912. The van der Waals surface area contributed by atoms with Gasteiger partial charge in [-0.1, -0.05) is 0 Å². The number of ether oxygens (including phenoxy) is 1. The smallest absolute Gasteiger partial charge is 0.221 e. The summed E-state index contributed by atoms with van der Waals surface area (Å²) in [5.74, 6) is 0.451. The molecule has 0 bridgehead atoms. The van der Waals surface area contributed by atoms with Crippen LogP contribution in [0.2, 0.25) is 0 Å². The van der Waals surface area contributed by atoms with E-state index < -0.39 is 0 Å². The summed E-state index contributed by atoms with van der Waals surface area (Å²) in [4.78, 5) is 10.6. The minimum Gasteiger partial charge on any atom is -0.468 e. The quantitative estimate of drug-likeness (QED) is 0.683. The Labute approximate surface area is 76.1 Å². The predicted octanol–water partition coefficient (Wildman–Crippen LogP) is 0.974. The van der Waals surface area contributed by atoms with Crippen LogP contribution in [0.4, 0.5) is 5.69 Å². The van der Waals surface area contributed by atoms with Gasteiger partial charge in [-0.15, -0.1) is 0 Å². The highest BCUT2D eigenvalue weighted by Crippen LogP contribution is 2.14. The molecule has 2 N–H and O–H groups in total. The van der Waals surface area contributed by atoms with Crippen LogP contribution in [0.1, 0.15) is 6.92 Å². The number of benzene rings is 1. The zero-order valence-electron chi connectivity index (χ0n) is 7.28. The summed E-state index contributed by atoms with van der Waals surface area (Å²) in [5, 5.41) is 11.1. The van der Waals surface area contributed by atoms with Crippen molar-refractivity contribution >= 4 is 11.6 Å². The van der Waals surface area contributed by atoms with Crippen LogP contribution in [0.3, 0.4) is 0 Å². The van der Waals surface area contributed by atoms with Crippen molar-refractivity contribution in [2.75, 3.05) is 12.1 Å².